The van der Waals surface area contributed by atoms with Crippen molar-refractivity contribution in [2.24, 2.45) is 0 Å². The number of benzene rings is 1. The van der Waals surface area contributed by atoms with Gasteiger partial charge in [0.05, 0.1) is 13.2 Å². The van der Waals surface area contributed by atoms with Gasteiger partial charge in [-0.15, -0.1) is 0 Å². The lowest BCUT2D eigenvalue weighted by Crippen LogP contribution is -2.43. The highest BCUT2D eigenvalue weighted by Crippen LogP contribution is 2.35. The predicted octanol–water partition coefficient (Wildman–Crippen LogP) is 3.28. The van der Waals surface area contributed by atoms with E-state index in [1.54, 1.807) is 31.2 Å². The van der Waals surface area contributed by atoms with E-state index in [9.17, 15) is 14.2 Å². The van der Waals surface area contributed by atoms with Crippen LogP contribution in [0.15, 0.2) is 24.3 Å². The van der Waals surface area contributed by atoms with Crippen LogP contribution in [-0.4, -0.2) is 38.1 Å². The van der Waals surface area contributed by atoms with E-state index in [4.69, 9.17) is 20.6 Å². The molecule has 0 aromatic heterocycles. The third-order valence-electron chi connectivity index (χ3n) is 3.39. The van der Waals surface area contributed by atoms with Crippen LogP contribution in [0.1, 0.15) is 18.4 Å². The first-order valence-corrected chi connectivity index (χ1v) is 9.54. The van der Waals surface area contributed by atoms with Gasteiger partial charge in [-0.05, 0) is 17.7 Å². The van der Waals surface area contributed by atoms with Crippen LogP contribution in [0.25, 0.3) is 0 Å². The third kappa shape index (κ3) is 6.65. The van der Waals surface area contributed by atoms with Gasteiger partial charge in [0.1, 0.15) is 5.60 Å². The summed E-state index contributed by atoms with van der Waals surface area (Å²) in [4.78, 5) is 0. The molecule has 0 heterocycles. The average molecular weight is 387 g/mol. The highest BCUT2D eigenvalue weighted by molar-refractivity contribution is 7.33. The molecule has 0 fully saturated rings. The molecule has 0 amide bonds. The Balaban J connectivity index is 2.93. The summed E-state index contributed by atoms with van der Waals surface area (Å²) >= 11 is 5.85. The molecule has 0 bridgehead atoms. The van der Waals surface area contributed by atoms with E-state index in [1.807, 2.05) is 0 Å². The van der Waals surface area contributed by atoms with E-state index < -0.39 is 28.0 Å². The Hall–Kier alpha value is -0.230. The van der Waals surface area contributed by atoms with Gasteiger partial charge < -0.3 is 23.2 Å². The molecule has 1 N–H and O–H groups in total. The summed E-state index contributed by atoms with van der Waals surface area (Å²) in [6.45, 7) is 1.10. The van der Waals surface area contributed by atoms with Gasteiger partial charge in [-0.1, -0.05) is 30.7 Å². The molecular weight excluding hydrogens is 366 g/mol. The maximum Gasteiger partial charge on any atom is 0.318 e. The Morgan fingerprint density at radius 3 is 1.91 bits per heavy atom. The van der Waals surface area contributed by atoms with Crippen LogP contribution < -0.4 is 0 Å². The largest absolute Gasteiger partial charge is 0.384 e. The highest BCUT2D eigenvalue weighted by Gasteiger charge is 2.37. The molecule has 3 unspecified atom stereocenters. The summed E-state index contributed by atoms with van der Waals surface area (Å²) in [5, 5.41) is 11.4. The summed E-state index contributed by atoms with van der Waals surface area (Å²) in [5.74, 6) is -0.474. The molecular formula is C13H21ClO7P2. The first-order chi connectivity index (χ1) is 10.8. The lowest BCUT2D eigenvalue weighted by atomic mass is 9.84. The summed E-state index contributed by atoms with van der Waals surface area (Å²) < 4.78 is 41.9. The molecule has 0 aliphatic carbocycles. The van der Waals surface area contributed by atoms with Crippen LogP contribution in [0.3, 0.4) is 0 Å². The van der Waals surface area contributed by atoms with Crippen LogP contribution >= 0.6 is 28.1 Å². The normalized spacial score (nSPS) is 18.1. The number of rotatable bonds is 10. The minimum absolute atomic E-state index is 0.318. The molecule has 0 aliphatic rings. The Morgan fingerprint density at radius 1 is 1.09 bits per heavy atom. The van der Waals surface area contributed by atoms with Crippen molar-refractivity contribution in [2.75, 3.05) is 27.4 Å². The quantitative estimate of drug-likeness (QED) is 0.617. The fourth-order valence-electron chi connectivity index (χ4n) is 1.84. The van der Waals surface area contributed by atoms with Crippen LogP contribution in [0.2, 0.25) is 5.02 Å². The minimum atomic E-state index is -2.71. The second-order valence-corrected chi connectivity index (χ2v) is 7.69. The second kappa shape index (κ2) is 9.92. The van der Waals surface area contributed by atoms with E-state index in [1.165, 1.54) is 14.2 Å². The standard InChI is InChI=1S/C13H21ClO7P2/c1-10(11-4-6-12(14)7-5-11)13(15,8-20-22(16)18-2)9-21-23(17)19-3/h4-7,10,15,22-23H,8-9H2,1-3H3. The molecule has 132 valence electrons. The first kappa shape index (κ1) is 20.8. The van der Waals surface area contributed by atoms with Crippen molar-refractivity contribution in [3.05, 3.63) is 34.9 Å². The first-order valence-electron chi connectivity index (χ1n) is 6.71. The zero-order valence-corrected chi connectivity index (χ0v) is 15.8. The summed E-state index contributed by atoms with van der Waals surface area (Å²) in [5.41, 5.74) is -0.816. The summed E-state index contributed by atoms with van der Waals surface area (Å²) in [7, 11) is -2.95. The zero-order valence-electron chi connectivity index (χ0n) is 13.1. The lowest BCUT2D eigenvalue weighted by molar-refractivity contribution is -0.0581. The molecule has 10 heteroatoms. The topological polar surface area (TPSA) is 91.3 Å². The fourth-order valence-corrected chi connectivity index (χ4v) is 2.94. The zero-order chi connectivity index (χ0) is 17.5. The van der Waals surface area contributed by atoms with Crippen molar-refractivity contribution in [1.29, 1.82) is 0 Å². The Kier molecular flexibility index (Phi) is 8.98. The summed E-state index contributed by atoms with van der Waals surface area (Å²) in [6, 6.07) is 6.87. The van der Waals surface area contributed by atoms with Crippen molar-refractivity contribution >= 4 is 28.1 Å². The number of hydrogen-bond donors (Lipinski definition) is 1. The molecule has 0 radical (unpaired) electrons. The van der Waals surface area contributed by atoms with Gasteiger partial charge in [0.25, 0.3) is 0 Å². The molecule has 1 aromatic rings. The van der Waals surface area contributed by atoms with E-state index >= 15 is 0 Å². The van der Waals surface area contributed by atoms with E-state index in [0.717, 1.165) is 5.56 Å². The van der Waals surface area contributed by atoms with Gasteiger partial charge in [-0.2, -0.15) is 0 Å². The van der Waals surface area contributed by atoms with E-state index in [2.05, 4.69) is 9.05 Å². The van der Waals surface area contributed by atoms with Crippen LogP contribution in [0.4, 0.5) is 0 Å². The van der Waals surface area contributed by atoms with Crippen LogP contribution in [-0.2, 0) is 27.2 Å². The highest BCUT2D eigenvalue weighted by atomic mass is 35.5. The Labute approximate surface area is 141 Å². The molecule has 23 heavy (non-hydrogen) atoms. The Bertz CT molecular complexity index is 518. The van der Waals surface area contributed by atoms with Gasteiger partial charge >= 0.3 is 16.5 Å². The monoisotopic (exact) mass is 386 g/mol. The molecule has 1 rings (SSSR count). The fraction of sp³-hybridized carbons (Fsp3) is 0.538. The van der Waals surface area contributed by atoms with Crippen molar-refractivity contribution in [3.8, 4) is 0 Å². The number of hydrogen-bond acceptors (Lipinski definition) is 7. The average Bonchev–Trinajstić information content (AvgIpc) is 2.57. The molecule has 0 spiro atoms. The van der Waals surface area contributed by atoms with Gasteiger partial charge in [0.15, 0.2) is 0 Å². The maximum atomic E-state index is 11.3. The second-order valence-electron chi connectivity index (χ2n) is 4.86. The van der Waals surface area contributed by atoms with E-state index in [0.29, 0.717) is 5.02 Å². The maximum absolute atomic E-state index is 11.3. The molecule has 7 nitrogen and oxygen atoms in total. The number of aliphatic hydroxyl groups is 1. The van der Waals surface area contributed by atoms with Crippen LogP contribution in [0.5, 0.6) is 0 Å². The number of halogens is 1. The molecule has 0 aliphatic heterocycles. The Morgan fingerprint density at radius 2 is 1.52 bits per heavy atom. The smallest absolute Gasteiger partial charge is 0.318 e. The summed E-state index contributed by atoms with van der Waals surface area (Å²) in [6.07, 6.45) is 0. The predicted molar refractivity (Wildman–Crippen MR) is 88.7 cm³/mol. The molecule has 3 atom stereocenters. The molecule has 1 aromatic carbocycles. The lowest BCUT2D eigenvalue weighted by Gasteiger charge is -2.33. The van der Waals surface area contributed by atoms with Crippen molar-refractivity contribution < 1.29 is 32.3 Å². The van der Waals surface area contributed by atoms with Crippen LogP contribution in [0, 0.1) is 0 Å². The van der Waals surface area contributed by atoms with E-state index in [-0.39, 0.29) is 13.2 Å². The molecule has 0 saturated carbocycles. The van der Waals surface area contributed by atoms with Crippen molar-refractivity contribution in [3.63, 3.8) is 0 Å². The molecule has 0 saturated heterocycles. The van der Waals surface area contributed by atoms with Crippen molar-refractivity contribution in [2.45, 2.75) is 18.4 Å². The van der Waals surface area contributed by atoms with Crippen molar-refractivity contribution in [1.82, 2.24) is 0 Å². The van der Waals surface area contributed by atoms with Gasteiger partial charge in [0.2, 0.25) is 0 Å². The third-order valence-corrected chi connectivity index (χ3v) is 5.07. The minimum Gasteiger partial charge on any atom is -0.384 e. The SMILES string of the molecule is CO[PH](=O)OCC(O)(CO[PH](=O)OC)C(C)c1ccc(Cl)cc1. The van der Waals surface area contributed by atoms with Gasteiger partial charge in [-0.3, -0.25) is 9.13 Å². The van der Waals surface area contributed by atoms with Gasteiger partial charge in [-0.25, -0.2) is 0 Å². The van der Waals surface area contributed by atoms with Gasteiger partial charge in [0, 0.05) is 25.2 Å².